The fourth-order valence-corrected chi connectivity index (χ4v) is 11.8. The minimum absolute atomic E-state index is 0.0445. The van der Waals surface area contributed by atoms with E-state index in [2.05, 4.69) is 31.9 Å². The zero-order valence-corrected chi connectivity index (χ0v) is 38.2. The molecular formula is C45H53BrN3O15P. The summed E-state index contributed by atoms with van der Waals surface area (Å²) < 4.78 is 30.1. The third kappa shape index (κ3) is 9.85. The molecule has 10 atom stereocenters. The molecule has 5 aliphatic rings. The molecule has 0 unspecified atom stereocenters. The van der Waals surface area contributed by atoms with Gasteiger partial charge >= 0.3 is 13.8 Å². The van der Waals surface area contributed by atoms with Crippen molar-refractivity contribution in [3.05, 3.63) is 88.5 Å². The van der Waals surface area contributed by atoms with Crippen molar-refractivity contribution in [1.29, 1.82) is 0 Å². The number of carboxylic acids is 1. The summed E-state index contributed by atoms with van der Waals surface area (Å²) in [6, 6.07) is 10.8. The zero-order valence-electron chi connectivity index (χ0n) is 35.7. The van der Waals surface area contributed by atoms with E-state index in [1.54, 1.807) is 30.3 Å². The number of Topliss-reactive ketones (excluding diaryl/α,β-unsaturated/α-hetero) is 1. The topological polar surface area (TPSA) is 284 Å². The third-order valence-electron chi connectivity index (χ3n) is 14.0. The largest absolute Gasteiger partial charge is 0.481 e. The number of phosphoric acid groups is 1. The number of hydrogen-bond donors (Lipinski definition) is 8. The lowest BCUT2D eigenvalue weighted by molar-refractivity contribution is -0.200. The molecular weight excluding hydrogens is 933 g/mol. The fourth-order valence-electron chi connectivity index (χ4n) is 11.3. The van der Waals surface area contributed by atoms with Crippen molar-refractivity contribution in [3.8, 4) is 0 Å². The first-order chi connectivity index (χ1) is 30.7. The molecule has 1 aliphatic heterocycles. The van der Waals surface area contributed by atoms with E-state index < -0.39 is 97.8 Å². The smallest absolute Gasteiger partial charge is 0.470 e. The monoisotopic (exact) mass is 985 g/mol. The highest BCUT2D eigenvalue weighted by Gasteiger charge is 2.76. The van der Waals surface area contributed by atoms with Crippen molar-refractivity contribution in [3.63, 3.8) is 0 Å². The predicted octanol–water partition coefficient (Wildman–Crippen LogP) is 3.29. The molecule has 3 saturated carbocycles. The summed E-state index contributed by atoms with van der Waals surface area (Å²) in [6.07, 6.45) is 3.49. The molecule has 1 heterocycles. The van der Waals surface area contributed by atoms with Gasteiger partial charge in [-0.2, -0.15) is 0 Å². The van der Waals surface area contributed by atoms with Crippen LogP contribution in [-0.2, 0) is 60.4 Å². The summed E-state index contributed by atoms with van der Waals surface area (Å²) in [5, 5.41) is 39.0. The van der Waals surface area contributed by atoms with Gasteiger partial charge in [0.15, 0.2) is 23.5 Å². The number of carbonyl (C=O) groups excluding carboxylic acids is 5. The highest BCUT2D eigenvalue weighted by molar-refractivity contribution is 9.09. The van der Waals surface area contributed by atoms with Gasteiger partial charge in [0.25, 0.3) is 0 Å². The highest BCUT2D eigenvalue weighted by Crippen LogP contribution is 2.70. The summed E-state index contributed by atoms with van der Waals surface area (Å²) in [4.78, 5) is 95.0. The van der Waals surface area contributed by atoms with Gasteiger partial charge in [-0.15, -0.1) is 0 Å². The minimum Gasteiger partial charge on any atom is -0.481 e. The number of aliphatic hydroxyl groups is 2. The van der Waals surface area contributed by atoms with E-state index in [1.807, 2.05) is 32.1 Å². The van der Waals surface area contributed by atoms with Crippen molar-refractivity contribution in [2.24, 2.45) is 28.6 Å². The molecule has 4 aliphatic carbocycles. The van der Waals surface area contributed by atoms with E-state index in [0.29, 0.717) is 36.0 Å². The molecule has 0 bridgehead atoms. The van der Waals surface area contributed by atoms with Crippen LogP contribution in [0.1, 0.15) is 80.9 Å². The lowest BCUT2D eigenvalue weighted by atomic mass is 9.46. The van der Waals surface area contributed by atoms with E-state index in [9.17, 15) is 58.4 Å². The molecule has 2 aromatic rings. The number of alkyl halides is 1. The Labute approximate surface area is 382 Å². The number of fused-ring (bicyclic) bond motifs is 7. The first kappa shape index (κ1) is 48.5. The van der Waals surface area contributed by atoms with Crippen LogP contribution >= 0.6 is 23.8 Å². The number of halogens is 1. The molecule has 350 valence electrons. The molecule has 20 heteroatoms. The molecule has 0 radical (unpaired) electrons. The molecule has 0 spiro atoms. The van der Waals surface area contributed by atoms with E-state index in [-0.39, 0.29) is 60.4 Å². The maximum Gasteiger partial charge on any atom is 0.470 e. The first-order valence-corrected chi connectivity index (χ1v) is 24.0. The molecule has 7 rings (SSSR count). The van der Waals surface area contributed by atoms with Gasteiger partial charge in [0.1, 0.15) is 12.6 Å². The van der Waals surface area contributed by atoms with Gasteiger partial charge in [0.2, 0.25) is 17.7 Å². The zero-order chi connectivity index (χ0) is 47.1. The normalized spacial score (nSPS) is 30.5. The lowest BCUT2D eigenvalue weighted by Gasteiger charge is -2.59. The van der Waals surface area contributed by atoms with E-state index in [4.69, 9.17) is 14.0 Å². The molecule has 3 amide bonds. The summed E-state index contributed by atoms with van der Waals surface area (Å²) >= 11 is 2.98. The van der Waals surface area contributed by atoms with Crippen LogP contribution in [0.2, 0.25) is 0 Å². The third-order valence-corrected chi connectivity index (χ3v) is 15.0. The Morgan fingerprint density at radius 1 is 1.05 bits per heavy atom. The number of ketones is 2. The van der Waals surface area contributed by atoms with Crippen molar-refractivity contribution >= 4 is 64.7 Å². The highest BCUT2D eigenvalue weighted by atomic mass is 79.9. The number of benzene rings is 2. The Hall–Kier alpha value is -4.43. The minimum atomic E-state index is -5.08. The average molecular weight is 987 g/mol. The van der Waals surface area contributed by atoms with Crippen molar-refractivity contribution in [2.75, 3.05) is 23.8 Å². The molecule has 18 nitrogen and oxygen atoms in total. The number of anilines is 1. The van der Waals surface area contributed by atoms with Crippen LogP contribution in [0.15, 0.2) is 66.3 Å². The van der Waals surface area contributed by atoms with E-state index >= 15 is 0 Å². The van der Waals surface area contributed by atoms with E-state index in [0.717, 1.165) is 11.1 Å². The van der Waals surface area contributed by atoms with Gasteiger partial charge in [0.05, 0.1) is 30.7 Å². The van der Waals surface area contributed by atoms with Crippen LogP contribution in [0.5, 0.6) is 0 Å². The van der Waals surface area contributed by atoms with Crippen molar-refractivity contribution in [2.45, 2.75) is 95.5 Å². The van der Waals surface area contributed by atoms with Gasteiger partial charge in [-0.3, -0.25) is 33.3 Å². The predicted molar refractivity (Wildman–Crippen MR) is 234 cm³/mol. The van der Waals surface area contributed by atoms with Gasteiger partial charge in [0, 0.05) is 34.4 Å². The van der Waals surface area contributed by atoms with Crippen LogP contribution < -0.4 is 16.0 Å². The number of phosphoric ester groups is 1. The number of nitrogens with one attached hydrogen (secondary N) is 3. The molecule has 8 N–H and O–H groups in total. The SMILES string of the molecule is C[C@]12C=CC(=O)C=C1CC[C@@H]1[C@@H]2[C@@H](O)C[C@@]2(C)[C@H]1C[C@H]1O[C@@H](c3cccc(Cc4cc(CO)cc(NC(=O)[C@H](CCC(=O)O)NC(=O)CNC(=O)CBr)c4)c3)O[C@]12C(=O)COP(=O)(O)O. The maximum atomic E-state index is 14.5. The van der Waals surface area contributed by atoms with Crippen LogP contribution in [0.25, 0.3) is 0 Å². The summed E-state index contributed by atoms with van der Waals surface area (Å²) in [7, 11) is -5.08. The Morgan fingerprint density at radius 3 is 2.51 bits per heavy atom. The summed E-state index contributed by atoms with van der Waals surface area (Å²) in [6.45, 7) is 2.13. The van der Waals surface area contributed by atoms with Gasteiger partial charge in [-0.1, -0.05) is 71.8 Å². The van der Waals surface area contributed by atoms with Crippen LogP contribution in [0, 0.1) is 28.6 Å². The lowest BCUT2D eigenvalue weighted by Crippen LogP contribution is -2.63. The summed E-state index contributed by atoms with van der Waals surface area (Å²) in [5.41, 5.74) is 0.171. The number of rotatable bonds is 17. The second-order valence-corrected chi connectivity index (χ2v) is 19.8. The van der Waals surface area contributed by atoms with Gasteiger partial charge in [-0.25, -0.2) is 4.57 Å². The van der Waals surface area contributed by atoms with Crippen LogP contribution in [-0.4, -0.2) is 103 Å². The number of aliphatic carboxylic acids is 1. The molecule has 1 saturated heterocycles. The quantitative estimate of drug-likeness (QED) is 0.0834. The maximum absolute atomic E-state index is 14.5. The van der Waals surface area contributed by atoms with E-state index in [1.165, 1.54) is 12.1 Å². The summed E-state index contributed by atoms with van der Waals surface area (Å²) in [5.74, 6) is -4.46. The number of amides is 3. The van der Waals surface area contributed by atoms with Gasteiger partial charge in [-0.05, 0) is 91.3 Å². The Kier molecular flexibility index (Phi) is 14.2. The van der Waals surface area contributed by atoms with Crippen molar-refractivity contribution < 1.29 is 72.4 Å². The molecule has 65 heavy (non-hydrogen) atoms. The Bertz CT molecular complexity index is 2370. The van der Waals surface area contributed by atoms with Crippen LogP contribution in [0.4, 0.5) is 5.69 Å². The number of allylic oxidation sites excluding steroid dienone is 4. The molecule has 4 fully saturated rings. The first-order valence-electron chi connectivity index (χ1n) is 21.4. The molecule has 2 aromatic carbocycles. The van der Waals surface area contributed by atoms with Crippen molar-refractivity contribution in [1.82, 2.24) is 10.6 Å². The van der Waals surface area contributed by atoms with Gasteiger partial charge < -0.3 is 50.5 Å². The number of aliphatic hydroxyl groups excluding tert-OH is 2. The Balaban J connectivity index is 1.12. The fraction of sp³-hybridized carbons (Fsp3) is 0.511. The standard InChI is InChI=1S/C45H53BrN3O15P/c1-43-11-10-30(51)17-28(43)6-7-31-32-18-36-45(35(53)23-62-65(59,60)61,44(32,2)19-34(52)40(31)43)64-42(63-36)27-5-3-4-24(14-27)12-25-13-26(22-50)16-29(15-25)48-41(58)33(8-9-39(56)57)49-38(55)21-47-37(54)20-46/h3-5,10-11,13-17,31-34,36,40,42,50,52H,6-9,12,18-23H2,1-2H3,(H,47,54)(H,48,58)(H,49,55)(H,56,57)(H2,59,60,61)/t31-,32-,33-,34-,36+,40+,42+,43-,44-,45+/m0/s1. The molecule has 0 aromatic heterocycles. The van der Waals surface area contributed by atoms with Crippen LogP contribution in [0.3, 0.4) is 0 Å². The Morgan fingerprint density at radius 2 is 1.80 bits per heavy atom. The average Bonchev–Trinajstić information content (AvgIpc) is 3.76. The number of hydrogen-bond acceptors (Lipinski definition) is 12. The second kappa shape index (κ2) is 19.1. The number of carbonyl (C=O) groups is 6. The number of ether oxygens (including phenoxy) is 2. The second-order valence-electron chi connectivity index (χ2n) is 18.0. The number of carboxylic acid groups (broad SMARTS) is 1.